The van der Waals surface area contributed by atoms with Crippen molar-refractivity contribution in [2.24, 2.45) is 0 Å². The minimum absolute atomic E-state index is 0.690. The Morgan fingerprint density at radius 1 is 1.47 bits per heavy atom. The third kappa shape index (κ3) is 4.39. The predicted molar refractivity (Wildman–Crippen MR) is 65.8 cm³/mol. The molecular formula is C13H17ClO. The van der Waals surface area contributed by atoms with Crippen LogP contribution in [0.3, 0.4) is 0 Å². The van der Waals surface area contributed by atoms with Gasteiger partial charge in [-0.25, -0.2) is 0 Å². The van der Waals surface area contributed by atoms with E-state index in [1.165, 1.54) is 11.1 Å². The number of methoxy groups -OCH3 is 1. The maximum atomic E-state index is 5.63. The summed E-state index contributed by atoms with van der Waals surface area (Å²) in [6.45, 7) is 2.13. The smallest absolute Gasteiger partial charge is 0.119 e. The zero-order valence-corrected chi connectivity index (χ0v) is 10.1. The van der Waals surface area contributed by atoms with E-state index in [1.807, 2.05) is 12.1 Å². The van der Waals surface area contributed by atoms with E-state index in [0.717, 1.165) is 18.6 Å². The highest BCUT2D eigenvalue weighted by Crippen LogP contribution is 2.15. The van der Waals surface area contributed by atoms with Gasteiger partial charge in [0.25, 0.3) is 0 Å². The fourth-order valence-electron chi connectivity index (χ4n) is 1.48. The predicted octanol–water partition coefficient (Wildman–Crippen LogP) is 3.81. The molecule has 0 aliphatic heterocycles. The number of rotatable bonds is 5. The molecule has 0 aliphatic carbocycles. The molecule has 0 amide bonds. The SMILES string of the molecule is COc1cccc(CC(C)=CCCCl)c1. The first-order valence-corrected chi connectivity index (χ1v) is 5.64. The van der Waals surface area contributed by atoms with Gasteiger partial charge in [-0.2, -0.15) is 0 Å². The lowest BCUT2D eigenvalue weighted by Crippen LogP contribution is -1.89. The highest BCUT2D eigenvalue weighted by atomic mass is 35.5. The second-order valence-corrected chi connectivity index (χ2v) is 3.93. The van der Waals surface area contributed by atoms with Gasteiger partial charge in [0.2, 0.25) is 0 Å². The van der Waals surface area contributed by atoms with Crippen molar-refractivity contribution in [3.8, 4) is 5.75 Å². The lowest BCUT2D eigenvalue weighted by atomic mass is 10.1. The average molecular weight is 225 g/mol. The molecule has 1 nitrogen and oxygen atoms in total. The minimum Gasteiger partial charge on any atom is -0.497 e. The number of halogens is 1. The van der Waals surface area contributed by atoms with Gasteiger partial charge in [-0.3, -0.25) is 0 Å². The zero-order valence-electron chi connectivity index (χ0n) is 9.29. The molecule has 0 saturated heterocycles. The molecule has 0 saturated carbocycles. The van der Waals surface area contributed by atoms with E-state index >= 15 is 0 Å². The maximum absolute atomic E-state index is 5.63. The number of hydrogen-bond acceptors (Lipinski definition) is 1. The Kier molecular flexibility index (Phi) is 5.27. The van der Waals surface area contributed by atoms with Crippen molar-refractivity contribution in [2.45, 2.75) is 19.8 Å². The van der Waals surface area contributed by atoms with Crippen LogP contribution in [-0.2, 0) is 6.42 Å². The van der Waals surface area contributed by atoms with Crippen molar-refractivity contribution in [3.05, 3.63) is 41.5 Å². The van der Waals surface area contributed by atoms with Crippen molar-refractivity contribution < 1.29 is 4.74 Å². The first-order chi connectivity index (χ1) is 7.26. The number of ether oxygens (including phenoxy) is 1. The number of alkyl halides is 1. The fraction of sp³-hybridized carbons (Fsp3) is 0.385. The van der Waals surface area contributed by atoms with Crippen LogP contribution in [-0.4, -0.2) is 13.0 Å². The Morgan fingerprint density at radius 2 is 2.27 bits per heavy atom. The standard InChI is InChI=1S/C13H17ClO/c1-11(5-4-8-14)9-12-6-3-7-13(10-12)15-2/h3,5-7,10H,4,8-9H2,1-2H3. The first kappa shape index (κ1) is 12.1. The molecular weight excluding hydrogens is 208 g/mol. The van der Waals surface area contributed by atoms with Crippen molar-refractivity contribution in [2.75, 3.05) is 13.0 Å². The number of allylic oxidation sites excluding steroid dienone is 2. The Labute approximate surface area is 96.7 Å². The van der Waals surface area contributed by atoms with Crippen LogP contribution in [0.25, 0.3) is 0 Å². The molecule has 1 rings (SSSR count). The van der Waals surface area contributed by atoms with Gasteiger partial charge in [-0.1, -0.05) is 23.8 Å². The Hall–Kier alpha value is -0.950. The molecule has 82 valence electrons. The molecule has 0 heterocycles. The third-order valence-electron chi connectivity index (χ3n) is 2.22. The topological polar surface area (TPSA) is 9.23 Å². The van der Waals surface area contributed by atoms with Crippen LogP contribution in [0.15, 0.2) is 35.9 Å². The normalized spacial score (nSPS) is 11.5. The molecule has 0 spiro atoms. The van der Waals surface area contributed by atoms with Crippen LogP contribution in [0.2, 0.25) is 0 Å². The van der Waals surface area contributed by atoms with Gasteiger partial charge in [0.15, 0.2) is 0 Å². The molecule has 2 heteroatoms. The van der Waals surface area contributed by atoms with Gasteiger partial charge in [-0.05, 0) is 37.5 Å². The summed E-state index contributed by atoms with van der Waals surface area (Å²) in [5, 5.41) is 0. The van der Waals surface area contributed by atoms with Gasteiger partial charge in [-0.15, -0.1) is 11.6 Å². The van der Waals surface area contributed by atoms with E-state index < -0.39 is 0 Å². The van der Waals surface area contributed by atoms with Crippen LogP contribution in [0.4, 0.5) is 0 Å². The Balaban J connectivity index is 2.63. The van der Waals surface area contributed by atoms with Crippen molar-refractivity contribution in [3.63, 3.8) is 0 Å². The molecule has 0 aromatic heterocycles. The molecule has 0 radical (unpaired) electrons. The molecule has 0 N–H and O–H groups in total. The van der Waals surface area contributed by atoms with Crippen molar-refractivity contribution in [1.29, 1.82) is 0 Å². The van der Waals surface area contributed by atoms with Crippen LogP contribution in [0.1, 0.15) is 18.9 Å². The first-order valence-electron chi connectivity index (χ1n) is 5.11. The monoisotopic (exact) mass is 224 g/mol. The third-order valence-corrected chi connectivity index (χ3v) is 2.44. The van der Waals surface area contributed by atoms with Crippen LogP contribution >= 0.6 is 11.6 Å². The second kappa shape index (κ2) is 6.52. The van der Waals surface area contributed by atoms with E-state index in [2.05, 4.69) is 25.1 Å². The zero-order chi connectivity index (χ0) is 11.1. The summed E-state index contributed by atoms with van der Waals surface area (Å²) in [5.74, 6) is 1.60. The largest absolute Gasteiger partial charge is 0.497 e. The van der Waals surface area contributed by atoms with E-state index in [9.17, 15) is 0 Å². The summed E-state index contributed by atoms with van der Waals surface area (Å²) >= 11 is 5.63. The molecule has 15 heavy (non-hydrogen) atoms. The molecule has 0 atom stereocenters. The summed E-state index contributed by atoms with van der Waals surface area (Å²) in [4.78, 5) is 0. The van der Waals surface area contributed by atoms with Gasteiger partial charge in [0, 0.05) is 5.88 Å². The van der Waals surface area contributed by atoms with E-state index in [-0.39, 0.29) is 0 Å². The molecule has 1 aromatic carbocycles. The maximum Gasteiger partial charge on any atom is 0.119 e. The Morgan fingerprint density at radius 3 is 2.93 bits per heavy atom. The second-order valence-electron chi connectivity index (χ2n) is 3.56. The summed E-state index contributed by atoms with van der Waals surface area (Å²) in [6, 6.07) is 8.16. The molecule has 0 unspecified atom stereocenters. The average Bonchev–Trinajstić information content (AvgIpc) is 2.26. The number of benzene rings is 1. The molecule has 0 fully saturated rings. The van der Waals surface area contributed by atoms with Crippen LogP contribution in [0, 0.1) is 0 Å². The summed E-state index contributed by atoms with van der Waals surface area (Å²) in [6.07, 6.45) is 4.10. The van der Waals surface area contributed by atoms with Gasteiger partial charge in [0.05, 0.1) is 7.11 Å². The molecule has 1 aromatic rings. The molecule has 0 bridgehead atoms. The van der Waals surface area contributed by atoms with E-state index in [4.69, 9.17) is 16.3 Å². The van der Waals surface area contributed by atoms with Crippen molar-refractivity contribution >= 4 is 11.6 Å². The lowest BCUT2D eigenvalue weighted by Gasteiger charge is -2.04. The van der Waals surface area contributed by atoms with E-state index in [1.54, 1.807) is 7.11 Å². The molecule has 0 aliphatic rings. The highest BCUT2D eigenvalue weighted by Gasteiger charge is 1.96. The summed E-state index contributed by atoms with van der Waals surface area (Å²) < 4.78 is 5.18. The van der Waals surface area contributed by atoms with Crippen LogP contribution in [0.5, 0.6) is 5.75 Å². The highest BCUT2D eigenvalue weighted by molar-refractivity contribution is 6.17. The quantitative estimate of drug-likeness (QED) is 0.546. The fourth-order valence-corrected chi connectivity index (χ4v) is 1.59. The summed E-state index contributed by atoms with van der Waals surface area (Å²) in [5.41, 5.74) is 2.63. The lowest BCUT2D eigenvalue weighted by molar-refractivity contribution is 0.414. The minimum atomic E-state index is 0.690. The number of hydrogen-bond donors (Lipinski definition) is 0. The Bertz CT molecular complexity index is 331. The van der Waals surface area contributed by atoms with Gasteiger partial charge < -0.3 is 4.74 Å². The van der Waals surface area contributed by atoms with Crippen LogP contribution < -0.4 is 4.74 Å². The van der Waals surface area contributed by atoms with Crippen molar-refractivity contribution in [1.82, 2.24) is 0 Å². The van der Waals surface area contributed by atoms with E-state index in [0.29, 0.717) is 5.88 Å². The van der Waals surface area contributed by atoms with Gasteiger partial charge in [0.1, 0.15) is 5.75 Å². The van der Waals surface area contributed by atoms with Gasteiger partial charge >= 0.3 is 0 Å². The summed E-state index contributed by atoms with van der Waals surface area (Å²) in [7, 11) is 1.69.